The average Bonchev–Trinajstić information content (AvgIpc) is 2.70. The molecule has 0 aromatic heterocycles. The van der Waals surface area contributed by atoms with Crippen molar-refractivity contribution in [3.63, 3.8) is 0 Å². The second kappa shape index (κ2) is 6.11. The smallest absolute Gasteiger partial charge is 0.329 e. The second-order valence-corrected chi connectivity index (χ2v) is 5.70. The van der Waals surface area contributed by atoms with Crippen LogP contribution in [-0.4, -0.2) is 64.5 Å². The van der Waals surface area contributed by atoms with Crippen LogP contribution in [-0.2, 0) is 9.59 Å². The van der Waals surface area contributed by atoms with Gasteiger partial charge in [-0.25, -0.2) is 9.59 Å². The van der Waals surface area contributed by atoms with Crippen LogP contribution in [0.4, 0.5) is 4.79 Å². The molecular weight excluding hydrogens is 262 g/mol. The van der Waals surface area contributed by atoms with E-state index in [9.17, 15) is 19.5 Å². The van der Waals surface area contributed by atoms with Gasteiger partial charge in [0.05, 0.1) is 0 Å². The predicted octanol–water partition coefficient (Wildman–Crippen LogP) is 0.502. The third-order valence-electron chi connectivity index (χ3n) is 3.49. The molecule has 7 nitrogen and oxygen atoms in total. The molecule has 0 spiro atoms. The summed E-state index contributed by atoms with van der Waals surface area (Å²) in [6.45, 7) is 5.53. The molecular formula is C13H23N3O4. The summed E-state index contributed by atoms with van der Waals surface area (Å²) in [7, 11) is 1.50. The quantitative estimate of drug-likeness (QED) is 0.787. The molecule has 1 fully saturated rings. The van der Waals surface area contributed by atoms with Crippen LogP contribution in [0.15, 0.2) is 0 Å². The monoisotopic (exact) mass is 285 g/mol. The highest BCUT2D eigenvalue weighted by Gasteiger charge is 2.46. The van der Waals surface area contributed by atoms with Gasteiger partial charge in [-0.15, -0.1) is 0 Å². The number of urea groups is 1. The standard InChI is InChI=1S/C13H23N3O4/c1-9(2)14-10(17)8-15(4)12(20)16-7-5-6-13(16,3)11(18)19/h9H,5-8H2,1-4H3,(H,14,17)(H,18,19). The van der Waals surface area contributed by atoms with Crippen molar-refractivity contribution in [1.82, 2.24) is 15.1 Å². The lowest BCUT2D eigenvalue weighted by Gasteiger charge is -2.34. The van der Waals surface area contributed by atoms with E-state index in [0.29, 0.717) is 19.4 Å². The largest absolute Gasteiger partial charge is 0.480 e. The normalized spacial score (nSPS) is 21.9. The van der Waals surface area contributed by atoms with E-state index in [1.807, 2.05) is 13.8 Å². The van der Waals surface area contributed by atoms with Crippen molar-refractivity contribution < 1.29 is 19.5 Å². The molecule has 7 heteroatoms. The highest BCUT2D eigenvalue weighted by atomic mass is 16.4. The number of hydrogen-bond donors (Lipinski definition) is 2. The number of carbonyl (C=O) groups is 3. The Kier molecular flexibility index (Phi) is 4.97. The van der Waals surface area contributed by atoms with Gasteiger partial charge in [0.1, 0.15) is 12.1 Å². The number of nitrogens with zero attached hydrogens (tertiary/aromatic N) is 2. The van der Waals surface area contributed by atoms with Crippen LogP contribution in [0.2, 0.25) is 0 Å². The van der Waals surface area contributed by atoms with E-state index in [1.165, 1.54) is 16.8 Å². The molecule has 2 N–H and O–H groups in total. The fourth-order valence-corrected chi connectivity index (χ4v) is 2.35. The Labute approximate surface area is 118 Å². The summed E-state index contributed by atoms with van der Waals surface area (Å²) in [5.74, 6) is -1.27. The van der Waals surface area contributed by atoms with E-state index in [-0.39, 0.29) is 18.5 Å². The van der Waals surface area contributed by atoms with Crippen molar-refractivity contribution in [3.8, 4) is 0 Å². The summed E-state index contributed by atoms with van der Waals surface area (Å²) in [6.07, 6.45) is 1.08. The van der Waals surface area contributed by atoms with E-state index >= 15 is 0 Å². The van der Waals surface area contributed by atoms with Crippen LogP contribution in [0.25, 0.3) is 0 Å². The van der Waals surface area contributed by atoms with Crippen LogP contribution in [0, 0.1) is 0 Å². The Balaban J connectivity index is 2.69. The first-order valence-corrected chi connectivity index (χ1v) is 6.74. The first-order chi connectivity index (χ1) is 9.18. The van der Waals surface area contributed by atoms with Crippen molar-refractivity contribution in [3.05, 3.63) is 0 Å². The number of carbonyl (C=O) groups excluding carboxylic acids is 2. The van der Waals surface area contributed by atoms with Gasteiger partial charge in [0.2, 0.25) is 5.91 Å². The highest BCUT2D eigenvalue weighted by Crippen LogP contribution is 2.30. The minimum atomic E-state index is -1.18. The second-order valence-electron chi connectivity index (χ2n) is 5.70. The molecule has 0 radical (unpaired) electrons. The molecule has 1 heterocycles. The topological polar surface area (TPSA) is 90.0 Å². The first-order valence-electron chi connectivity index (χ1n) is 6.74. The lowest BCUT2D eigenvalue weighted by atomic mass is 10.00. The van der Waals surface area contributed by atoms with Crippen molar-refractivity contribution in [2.45, 2.75) is 45.2 Å². The van der Waals surface area contributed by atoms with Crippen LogP contribution >= 0.6 is 0 Å². The van der Waals surface area contributed by atoms with Crippen molar-refractivity contribution in [1.29, 1.82) is 0 Å². The van der Waals surface area contributed by atoms with Crippen LogP contribution < -0.4 is 5.32 Å². The zero-order valence-corrected chi connectivity index (χ0v) is 12.5. The summed E-state index contributed by atoms with van der Waals surface area (Å²) in [5.41, 5.74) is -1.18. The Morgan fingerprint density at radius 3 is 2.50 bits per heavy atom. The van der Waals surface area contributed by atoms with E-state index in [1.54, 1.807) is 6.92 Å². The minimum Gasteiger partial charge on any atom is -0.480 e. The van der Waals surface area contributed by atoms with Crippen molar-refractivity contribution in [2.75, 3.05) is 20.1 Å². The van der Waals surface area contributed by atoms with Gasteiger partial charge in [0, 0.05) is 19.6 Å². The van der Waals surface area contributed by atoms with E-state index in [4.69, 9.17) is 0 Å². The summed E-state index contributed by atoms with van der Waals surface area (Å²) in [4.78, 5) is 37.9. The Morgan fingerprint density at radius 1 is 1.40 bits per heavy atom. The Bertz CT molecular complexity index is 410. The molecule has 1 unspecified atom stereocenters. The zero-order chi connectivity index (χ0) is 15.5. The zero-order valence-electron chi connectivity index (χ0n) is 12.5. The average molecular weight is 285 g/mol. The molecule has 1 aliphatic heterocycles. The third-order valence-corrected chi connectivity index (χ3v) is 3.49. The van der Waals surface area contributed by atoms with E-state index in [0.717, 1.165) is 0 Å². The van der Waals surface area contributed by atoms with E-state index in [2.05, 4.69) is 5.32 Å². The summed E-state index contributed by atoms with van der Waals surface area (Å²) in [5, 5.41) is 12.0. The number of aliphatic carboxylic acids is 1. The number of carboxylic acid groups (broad SMARTS) is 1. The molecule has 1 atom stereocenters. The fraction of sp³-hybridized carbons (Fsp3) is 0.769. The van der Waals surface area contributed by atoms with Gasteiger partial charge in [-0.1, -0.05) is 0 Å². The molecule has 3 amide bonds. The summed E-state index contributed by atoms with van der Waals surface area (Å²) < 4.78 is 0. The number of likely N-dealkylation sites (tertiary alicyclic amines) is 1. The summed E-state index contributed by atoms with van der Waals surface area (Å²) in [6, 6.07) is -0.423. The Hall–Kier alpha value is -1.79. The number of likely N-dealkylation sites (N-methyl/N-ethyl adjacent to an activating group) is 1. The lowest BCUT2D eigenvalue weighted by Crippen LogP contribution is -2.55. The molecule has 0 saturated carbocycles. The number of hydrogen-bond acceptors (Lipinski definition) is 3. The van der Waals surface area contributed by atoms with Gasteiger partial charge >= 0.3 is 12.0 Å². The molecule has 20 heavy (non-hydrogen) atoms. The third kappa shape index (κ3) is 3.40. The molecule has 0 aromatic carbocycles. The molecule has 1 aliphatic rings. The maximum absolute atomic E-state index is 12.3. The van der Waals surface area contributed by atoms with Gasteiger partial charge in [-0.2, -0.15) is 0 Å². The van der Waals surface area contributed by atoms with Gasteiger partial charge in [0.25, 0.3) is 0 Å². The number of amides is 3. The molecule has 0 bridgehead atoms. The lowest BCUT2D eigenvalue weighted by molar-refractivity contribution is -0.147. The van der Waals surface area contributed by atoms with Gasteiger partial charge in [-0.05, 0) is 33.6 Å². The number of rotatable bonds is 4. The highest BCUT2D eigenvalue weighted by molar-refractivity contribution is 5.89. The minimum absolute atomic E-state index is 0.00192. The van der Waals surface area contributed by atoms with Gasteiger partial charge in [-0.3, -0.25) is 4.79 Å². The molecule has 1 saturated heterocycles. The fourth-order valence-electron chi connectivity index (χ4n) is 2.35. The first kappa shape index (κ1) is 16.3. The molecule has 114 valence electrons. The SMILES string of the molecule is CC(C)NC(=O)CN(C)C(=O)N1CCCC1(C)C(=O)O. The molecule has 0 aromatic rings. The van der Waals surface area contributed by atoms with Crippen LogP contribution in [0.1, 0.15) is 33.6 Å². The van der Waals surface area contributed by atoms with Gasteiger partial charge < -0.3 is 20.2 Å². The van der Waals surface area contributed by atoms with Crippen LogP contribution in [0.3, 0.4) is 0 Å². The van der Waals surface area contributed by atoms with Crippen LogP contribution in [0.5, 0.6) is 0 Å². The number of carboxylic acids is 1. The van der Waals surface area contributed by atoms with Crippen molar-refractivity contribution in [2.24, 2.45) is 0 Å². The predicted molar refractivity (Wildman–Crippen MR) is 73.3 cm³/mol. The maximum atomic E-state index is 12.3. The number of nitrogens with one attached hydrogen (secondary N) is 1. The summed E-state index contributed by atoms with van der Waals surface area (Å²) >= 11 is 0. The van der Waals surface area contributed by atoms with Gasteiger partial charge in [0.15, 0.2) is 0 Å². The maximum Gasteiger partial charge on any atom is 0.329 e. The van der Waals surface area contributed by atoms with E-state index < -0.39 is 17.5 Å². The van der Waals surface area contributed by atoms with Crippen molar-refractivity contribution >= 4 is 17.9 Å². The molecule has 0 aliphatic carbocycles. The molecule has 1 rings (SSSR count). The Morgan fingerprint density at radius 2 is 2.00 bits per heavy atom.